The first-order valence-electron chi connectivity index (χ1n) is 10.1. The van der Waals surface area contributed by atoms with Crippen LogP contribution in [0.25, 0.3) is 11.1 Å². The normalized spacial score (nSPS) is 20.4. The number of benzene rings is 2. The van der Waals surface area contributed by atoms with E-state index in [4.69, 9.17) is 4.74 Å². The van der Waals surface area contributed by atoms with Crippen LogP contribution in [0.3, 0.4) is 0 Å². The van der Waals surface area contributed by atoms with Crippen LogP contribution in [-0.4, -0.2) is 6.61 Å². The third-order valence-electron chi connectivity index (χ3n) is 5.60. The molecule has 1 fully saturated rings. The minimum absolute atomic E-state index is 0.768. The molecule has 134 valence electrons. The summed E-state index contributed by atoms with van der Waals surface area (Å²) in [5.41, 5.74) is 4.08. The zero-order chi connectivity index (χ0) is 17.5. The molecule has 0 aromatic heterocycles. The molecule has 1 nitrogen and oxygen atoms in total. The average molecular weight is 337 g/mol. The largest absolute Gasteiger partial charge is 0.494 e. The van der Waals surface area contributed by atoms with E-state index >= 15 is 0 Å². The summed E-state index contributed by atoms with van der Waals surface area (Å²) in [4.78, 5) is 0. The molecule has 0 unspecified atom stereocenters. The predicted octanol–water partition coefficient (Wildman–Crippen LogP) is 7.22. The lowest BCUT2D eigenvalue weighted by Crippen LogP contribution is -2.10. The third-order valence-corrected chi connectivity index (χ3v) is 5.60. The molecule has 1 aliphatic carbocycles. The van der Waals surface area contributed by atoms with Crippen molar-refractivity contribution in [3.05, 3.63) is 54.1 Å². The topological polar surface area (TPSA) is 9.23 Å². The van der Waals surface area contributed by atoms with Crippen molar-refractivity contribution >= 4 is 0 Å². The zero-order valence-corrected chi connectivity index (χ0v) is 15.8. The lowest BCUT2D eigenvalue weighted by molar-refractivity contribution is 0.306. The molecule has 1 aliphatic rings. The average Bonchev–Trinajstić information content (AvgIpc) is 2.67. The van der Waals surface area contributed by atoms with Gasteiger partial charge in [0.25, 0.3) is 0 Å². The van der Waals surface area contributed by atoms with E-state index in [9.17, 15) is 0 Å². The van der Waals surface area contributed by atoms with Gasteiger partial charge in [0.2, 0.25) is 0 Å². The SMILES string of the molecule is CCCCCOc1ccc(-c2ccc(C3CCC(C)CC3)cc2)cc1. The highest BCUT2D eigenvalue weighted by molar-refractivity contribution is 5.64. The molecular weight excluding hydrogens is 304 g/mol. The number of hydrogen-bond donors (Lipinski definition) is 0. The van der Waals surface area contributed by atoms with Gasteiger partial charge in [-0.2, -0.15) is 0 Å². The summed E-state index contributed by atoms with van der Waals surface area (Å²) in [6.07, 6.45) is 9.08. The van der Waals surface area contributed by atoms with Crippen molar-refractivity contribution in [3.63, 3.8) is 0 Å². The second-order valence-electron chi connectivity index (χ2n) is 7.66. The van der Waals surface area contributed by atoms with Crippen molar-refractivity contribution in [2.75, 3.05) is 6.61 Å². The molecule has 3 rings (SSSR count). The van der Waals surface area contributed by atoms with E-state index < -0.39 is 0 Å². The lowest BCUT2D eigenvalue weighted by Gasteiger charge is -2.26. The predicted molar refractivity (Wildman–Crippen MR) is 107 cm³/mol. The second-order valence-corrected chi connectivity index (χ2v) is 7.66. The first kappa shape index (κ1) is 18.0. The molecule has 0 amide bonds. The summed E-state index contributed by atoms with van der Waals surface area (Å²) >= 11 is 0. The summed E-state index contributed by atoms with van der Waals surface area (Å²) in [5, 5.41) is 0. The molecule has 0 bridgehead atoms. The van der Waals surface area contributed by atoms with Crippen LogP contribution < -0.4 is 4.74 Å². The van der Waals surface area contributed by atoms with Gasteiger partial charge in [-0.1, -0.05) is 75.9 Å². The molecule has 1 heteroatoms. The Balaban J connectivity index is 1.58. The van der Waals surface area contributed by atoms with Crippen LogP contribution in [0.2, 0.25) is 0 Å². The highest BCUT2D eigenvalue weighted by atomic mass is 16.5. The van der Waals surface area contributed by atoms with Crippen LogP contribution in [0.1, 0.15) is 70.3 Å². The molecule has 0 N–H and O–H groups in total. The quantitative estimate of drug-likeness (QED) is 0.485. The molecule has 0 atom stereocenters. The van der Waals surface area contributed by atoms with Crippen molar-refractivity contribution in [3.8, 4) is 16.9 Å². The Bertz CT molecular complexity index is 618. The van der Waals surface area contributed by atoms with Gasteiger partial charge < -0.3 is 4.74 Å². The van der Waals surface area contributed by atoms with Gasteiger partial charge in [0.1, 0.15) is 5.75 Å². The van der Waals surface area contributed by atoms with E-state index in [-0.39, 0.29) is 0 Å². The van der Waals surface area contributed by atoms with Gasteiger partial charge in [0, 0.05) is 0 Å². The summed E-state index contributed by atoms with van der Waals surface area (Å²) in [5.74, 6) is 2.66. The van der Waals surface area contributed by atoms with Crippen molar-refractivity contribution in [2.24, 2.45) is 5.92 Å². The number of ether oxygens (including phenoxy) is 1. The molecule has 0 saturated heterocycles. The van der Waals surface area contributed by atoms with Gasteiger partial charge in [-0.25, -0.2) is 0 Å². The van der Waals surface area contributed by atoms with Crippen LogP contribution in [0.15, 0.2) is 48.5 Å². The standard InChI is InChI=1S/C24H32O/c1-3-4-5-18-25-24-16-14-23(15-17-24)22-12-10-21(11-13-22)20-8-6-19(2)7-9-20/h10-17,19-20H,3-9,18H2,1-2H3. The molecule has 25 heavy (non-hydrogen) atoms. The van der Waals surface area contributed by atoms with Crippen molar-refractivity contribution in [1.82, 2.24) is 0 Å². The Hall–Kier alpha value is -1.76. The molecule has 0 aliphatic heterocycles. The van der Waals surface area contributed by atoms with Gasteiger partial charge in [0.15, 0.2) is 0 Å². The van der Waals surface area contributed by atoms with Gasteiger partial charge in [0.05, 0.1) is 6.61 Å². The zero-order valence-electron chi connectivity index (χ0n) is 15.8. The third kappa shape index (κ3) is 5.11. The van der Waals surface area contributed by atoms with Crippen LogP contribution >= 0.6 is 0 Å². The fraction of sp³-hybridized carbons (Fsp3) is 0.500. The van der Waals surface area contributed by atoms with E-state index in [2.05, 4.69) is 62.4 Å². The highest BCUT2D eigenvalue weighted by Crippen LogP contribution is 2.36. The lowest BCUT2D eigenvalue weighted by atomic mass is 9.79. The van der Waals surface area contributed by atoms with E-state index in [0.29, 0.717) is 0 Å². The van der Waals surface area contributed by atoms with Crippen LogP contribution in [0.5, 0.6) is 5.75 Å². The van der Waals surface area contributed by atoms with Crippen molar-refractivity contribution in [1.29, 1.82) is 0 Å². The van der Waals surface area contributed by atoms with E-state index in [1.54, 1.807) is 0 Å². The number of unbranched alkanes of at least 4 members (excludes halogenated alkanes) is 2. The smallest absolute Gasteiger partial charge is 0.119 e. The monoisotopic (exact) mass is 336 g/mol. The highest BCUT2D eigenvalue weighted by Gasteiger charge is 2.19. The Morgan fingerprint density at radius 1 is 0.800 bits per heavy atom. The van der Waals surface area contributed by atoms with Gasteiger partial charge >= 0.3 is 0 Å². The van der Waals surface area contributed by atoms with Gasteiger partial charge in [-0.3, -0.25) is 0 Å². The Morgan fingerprint density at radius 2 is 1.40 bits per heavy atom. The first-order chi connectivity index (χ1) is 12.3. The molecule has 2 aromatic carbocycles. The van der Waals surface area contributed by atoms with Crippen molar-refractivity contribution < 1.29 is 4.74 Å². The molecule has 2 aromatic rings. The first-order valence-corrected chi connectivity index (χ1v) is 10.1. The molecule has 0 radical (unpaired) electrons. The Morgan fingerprint density at radius 3 is 2.00 bits per heavy atom. The van der Waals surface area contributed by atoms with Crippen LogP contribution in [0, 0.1) is 5.92 Å². The van der Waals surface area contributed by atoms with Gasteiger partial charge in [-0.05, 0) is 59.9 Å². The fourth-order valence-corrected chi connectivity index (χ4v) is 3.83. The maximum atomic E-state index is 5.81. The summed E-state index contributed by atoms with van der Waals surface area (Å²) in [6.45, 7) is 5.42. The number of rotatable bonds is 7. The fourth-order valence-electron chi connectivity index (χ4n) is 3.83. The molecule has 0 heterocycles. The van der Waals surface area contributed by atoms with E-state index in [0.717, 1.165) is 30.6 Å². The maximum Gasteiger partial charge on any atom is 0.119 e. The maximum absolute atomic E-state index is 5.81. The second kappa shape index (κ2) is 9.08. The molecule has 1 saturated carbocycles. The van der Waals surface area contributed by atoms with E-state index in [1.807, 2.05) is 0 Å². The minimum Gasteiger partial charge on any atom is -0.494 e. The molecule has 0 spiro atoms. The molecular formula is C24H32O. The number of hydrogen-bond acceptors (Lipinski definition) is 1. The Labute approximate surface area is 153 Å². The van der Waals surface area contributed by atoms with E-state index in [1.165, 1.54) is 55.2 Å². The Kier molecular flexibility index (Phi) is 6.55. The minimum atomic E-state index is 0.768. The van der Waals surface area contributed by atoms with Gasteiger partial charge in [-0.15, -0.1) is 0 Å². The van der Waals surface area contributed by atoms with Crippen LogP contribution in [-0.2, 0) is 0 Å². The van der Waals surface area contributed by atoms with Crippen LogP contribution in [0.4, 0.5) is 0 Å². The summed E-state index contributed by atoms with van der Waals surface area (Å²) in [7, 11) is 0. The summed E-state index contributed by atoms with van der Waals surface area (Å²) < 4.78 is 5.81. The van der Waals surface area contributed by atoms with Crippen molar-refractivity contribution in [2.45, 2.75) is 64.7 Å². The summed E-state index contributed by atoms with van der Waals surface area (Å²) in [6, 6.07) is 17.8.